The molecule has 0 amide bonds. The third-order valence-corrected chi connectivity index (χ3v) is 3.20. The van der Waals surface area contributed by atoms with Gasteiger partial charge in [0.15, 0.2) is 0 Å². The third kappa shape index (κ3) is 2.08. The number of aromatic nitrogens is 3. The van der Waals surface area contributed by atoms with E-state index in [9.17, 15) is 0 Å². The van der Waals surface area contributed by atoms with Crippen LogP contribution in [0.15, 0.2) is 36.7 Å². The minimum atomic E-state index is 0.339. The molecule has 1 fully saturated rings. The Kier molecular flexibility index (Phi) is 2.88. The summed E-state index contributed by atoms with van der Waals surface area (Å²) in [7, 11) is 0. The van der Waals surface area contributed by atoms with E-state index in [2.05, 4.69) is 27.5 Å². The number of piperidine rings is 1. The maximum Gasteiger partial charge on any atom is 0.149 e. The van der Waals surface area contributed by atoms with E-state index < -0.39 is 0 Å². The highest BCUT2D eigenvalue weighted by Crippen LogP contribution is 2.22. The van der Waals surface area contributed by atoms with Gasteiger partial charge in [0.25, 0.3) is 0 Å². The Morgan fingerprint density at radius 2 is 2.06 bits per heavy atom. The van der Waals surface area contributed by atoms with E-state index in [1.807, 2.05) is 22.9 Å². The summed E-state index contributed by atoms with van der Waals surface area (Å²) >= 11 is 0. The Hall–Kier alpha value is -1.68. The first kappa shape index (κ1) is 10.5. The zero-order valence-corrected chi connectivity index (χ0v) is 9.71. The monoisotopic (exact) mass is 228 g/mol. The summed E-state index contributed by atoms with van der Waals surface area (Å²) in [4.78, 5) is 4.41. The molecule has 1 atom stereocenters. The predicted octanol–water partition coefficient (Wildman–Crippen LogP) is 2.08. The second kappa shape index (κ2) is 4.67. The molecule has 0 spiro atoms. The SMILES string of the molecule is c1ccc(-n2ncnc2C2CCCCN2)cc1. The lowest BCUT2D eigenvalue weighted by molar-refractivity contribution is 0.392. The van der Waals surface area contributed by atoms with Gasteiger partial charge < -0.3 is 5.32 Å². The van der Waals surface area contributed by atoms with Crippen molar-refractivity contribution in [3.8, 4) is 5.69 Å². The number of para-hydroxylation sites is 1. The molecular weight excluding hydrogens is 212 g/mol. The number of rotatable bonds is 2. The molecule has 1 aromatic carbocycles. The van der Waals surface area contributed by atoms with Gasteiger partial charge in [-0.15, -0.1) is 0 Å². The van der Waals surface area contributed by atoms with Gasteiger partial charge in [-0.25, -0.2) is 9.67 Å². The molecular formula is C13H16N4. The molecule has 1 aliphatic heterocycles. The molecule has 1 N–H and O–H groups in total. The molecule has 17 heavy (non-hydrogen) atoms. The first-order valence-electron chi connectivity index (χ1n) is 6.14. The number of hydrogen-bond donors (Lipinski definition) is 1. The Morgan fingerprint density at radius 1 is 1.18 bits per heavy atom. The van der Waals surface area contributed by atoms with Gasteiger partial charge in [-0.1, -0.05) is 24.6 Å². The zero-order valence-electron chi connectivity index (χ0n) is 9.71. The maximum absolute atomic E-state index is 4.41. The van der Waals surface area contributed by atoms with Gasteiger partial charge in [-0.05, 0) is 31.5 Å². The molecule has 3 rings (SSSR count). The van der Waals surface area contributed by atoms with Gasteiger partial charge in [0, 0.05) is 0 Å². The molecule has 1 aromatic heterocycles. The second-order valence-electron chi connectivity index (χ2n) is 4.37. The Bertz CT molecular complexity index is 471. The molecule has 1 saturated heterocycles. The topological polar surface area (TPSA) is 42.7 Å². The van der Waals surface area contributed by atoms with Crippen LogP contribution in [0.3, 0.4) is 0 Å². The maximum atomic E-state index is 4.41. The van der Waals surface area contributed by atoms with E-state index in [0.29, 0.717) is 6.04 Å². The van der Waals surface area contributed by atoms with Gasteiger partial charge in [0.05, 0.1) is 11.7 Å². The normalized spacial score (nSPS) is 20.4. The smallest absolute Gasteiger partial charge is 0.149 e. The van der Waals surface area contributed by atoms with Gasteiger partial charge in [-0.3, -0.25) is 0 Å². The van der Waals surface area contributed by atoms with Crippen molar-refractivity contribution in [1.29, 1.82) is 0 Å². The molecule has 88 valence electrons. The first-order chi connectivity index (χ1) is 8.45. The summed E-state index contributed by atoms with van der Waals surface area (Å²) in [5.74, 6) is 1.02. The summed E-state index contributed by atoms with van der Waals surface area (Å²) in [5.41, 5.74) is 1.08. The Balaban J connectivity index is 1.93. The average molecular weight is 228 g/mol. The van der Waals surface area contributed by atoms with Crippen LogP contribution in [0.5, 0.6) is 0 Å². The van der Waals surface area contributed by atoms with Crippen LogP contribution in [-0.2, 0) is 0 Å². The molecule has 0 radical (unpaired) electrons. The van der Waals surface area contributed by atoms with Crippen molar-refractivity contribution < 1.29 is 0 Å². The van der Waals surface area contributed by atoms with E-state index >= 15 is 0 Å². The zero-order chi connectivity index (χ0) is 11.5. The number of hydrogen-bond acceptors (Lipinski definition) is 3. The lowest BCUT2D eigenvalue weighted by Crippen LogP contribution is -2.29. The fraction of sp³-hybridized carbons (Fsp3) is 0.385. The molecule has 0 aliphatic carbocycles. The molecule has 0 bridgehead atoms. The van der Waals surface area contributed by atoms with Crippen molar-refractivity contribution in [1.82, 2.24) is 20.1 Å². The van der Waals surface area contributed by atoms with E-state index in [-0.39, 0.29) is 0 Å². The van der Waals surface area contributed by atoms with Crippen LogP contribution in [0.2, 0.25) is 0 Å². The minimum absolute atomic E-state index is 0.339. The van der Waals surface area contributed by atoms with E-state index in [0.717, 1.165) is 24.5 Å². The molecule has 4 nitrogen and oxygen atoms in total. The highest BCUT2D eigenvalue weighted by Gasteiger charge is 2.20. The molecule has 0 saturated carbocycles. The van der Waals surface area contributed by atoms with Crippen molar-refractivity contribution in [3.63, 3.8) is 0 Å². The molecule has 1 aliphatic rings. The summed E-state index contributed by atoms with van der Waals surface area (Å²) < 4.78 is 1.93. The van der Waals surface area contributed by atoms with Crippen molar-refractivity contribution >= 4 is 0 Å². The van der Waals surface area contributed by atoms with Crippen molar-refractivity contribution in [2.45, 2.75) is 25.3 Å². The molecule has 2 heterocycles. The first-order valence-corrected chi connectivity index (χ1v) is 6.14. The lowest BCUT2D eigenvalue weighted by atomic mass is 10.0. The fourth-order valence-electron chi connectivity index (χ4n) is 2.33. The van der Waals surface area contributed by atoms with Crippen molar-refractivity contribution in [2.75, 3.05) is 6.54 Å². The van der Waals surface area contributed by atoms with Crippen LogP contribution in [0.25, 0.3) is 5.69 Å². The van der Waals surface area contributed by atoms with E-state index in [1.165, 1.54) is 12.8 Å². The number of nitrogens with zero attached hydrogens (tertiary/aromatic N) is 3. The summed E-state index contributed by atoms with van der Waals surface area (Å²) in [6.45, 7) is 1.08. The predicted molar refractivity (Wildman–Crippen MR) is 66.0 cm³/mol. The molecule has 1 unspecified atom stereocenters. The summed E-state index contributed by atoms with van der Waals surface area (Å²) in [6, 6.07) is 10.5. The second-order valence-corrected chi connectivity index (χ2v) is 4.37. The van der Waals surface area contributed by atoms with Gasteiger partial charge in [0.1, 0.15) is 12.2 Å². The lowest BCUT2D eigenvalue weighted by Gasteiger charge is -2.22. The van der Waals surface area contributed by atoms with E-state index in [4.69, 9.17) is 0 Å². The van der Waals surface area contributed by atoms with Gasteiger partial charge >= 0.3 is 0 Å². The van der Waals surface area contributed by atoms with Crippen LogP contribution in [0, 0.1) is 0 Å². The fourth-order valence-corrected chi connectivity index (χ4v) is 2.33. The highest BCUT2D eigenvalue weighted by molar-refractivity contribution is 5.31. The van der Waals surface area contributed by atoms with Crippen molar-refractivity contribution in [2.24, 2.45) is 0 Å². The number of nitrogens with one attached hydrogen (secondary N) is 1. The highest BCUT2D eigenvalue weighted by atomic mass is 15.3. The van der Waals surface area contributed by atoms with Crippen LogP contribution in [-0.4, -0.2) is 21.3 Å². The van der Waals surface area contributed by atoms with E-state index in [1.54, 1.807) is 6.33 Å². The quantitative estimate of drug-likeness (QED) is 0.855. The summed E-state index contributed by atoms with van der Waals surface area (Å²) in [5, 5.41) is 7.84. The standard InChI is InChI=1S/C13H16N4/c1-2-6-11(7-3-1)17-13(15-10-16-17)12-8-4-5-9-14-12/h1-3,6-7,10,12,14H,4-5,8-9H2. The van der Waals surface area contributed by atoms with Crippen LogP contribution in [0.1, 0.15) is 31.1 Å². The Morgan fingerprint density at radius 3 is 2.82 bits per heavy atom. The molecule has 4 heteroatoms. The Labute approximate surface area is 101 Å². The van der Waals surface area contributed by atoms with Gasteiger partial charge in [0.2, 0.25) is 0 Å². The van der Waals surface area contributed by atoms with Gasteiger partial charge in [-0.2, -0.15) is 5.10 Å². The van der Waals surface area contributed by atoms with Crippen LogP contribution >= 0.6 is 0 Å². The largest absolute Gasteiger partial charge is 0.307 e. The third-order valence-electron chi connectivity index (χ3n) is 3.20. The van der Waals surface area contributed by atoms with Crippen LogP contribution < -0.4 is 5.32 Å². The summed E-state index contributed by atoms with van der Waals surface area (Å²) in [6.07, 6.45) is 5.30. The minimum Gasteiger partial charge on any atom is -0.307 e. The molecule has 2 aromatic rings. The van der Waals surface area contributed by atoms with Crippen molar-refractivity contribution in [3.05, 3.63) is 42.5 Å². The van der Waals surface area contributed by atoms with Crippen LogP contribution in [0.4, 0.5) is 0 Å². The number of benzene rings is 1. The average Bonchev–Trinajstić information content (AvgIpc) is 2.90.